The molecule has 0 spiro atoms. The summed E-state index contributed by atoms with van der Waals surface area (Å²) in [5.41, 5.74) is 0.922. The predicted molar refractivity (Wildman–Crippen MR) is 60.4 cm³/mol. The van der Waals surface area contributed by atoms with Crippen molar-refractivity contribution >= 4 is 17.0 Å². The van der Waals surface area contributed by atoms with Crippen LogP contribution in [0.25, 0.3) is 0 Å². The number of nitrogens with zero attached hydrogens (tertiary/aromatic N) is 3. The molecule has 0 aromatic carbocycles. The summed E-state index contributed by atoms with van der Waals surface area (Å²) in [7, 11) is 0. The first-order valence-electron chi connectivity index (χ1n) is 5.11. The van der Waals surface area contributed by atoms with E-state index in [0.717, 1.165) is 36.8 Å². The molecule has 2 heterocycles. The fourth-order valence-electron chi connectivity index (χ4n) is 1.92. The van der Waals surface area contributed by atoms with Crippen molar-refractivity contribution in [1.82, 2.24) is 9.88 Å². The minimum absolute atomic E-state index is 0.351. The third-order valence-electron chi connectivity index (χ3n) is 2.76. The number of rotatable bonds is 2. The molecule has 1 aromatic rings. The van der Waals surface area contributed by atoms with Crippen molar-refractivity contribution in [2.24, 2.45) is 11.1 Å². The van der Waals surface area contributed by atoms with Crippen molar-refractivity contribution in [3.63, 3.8) is 0 Å². The second-order valence-electron chi connectivity index (χ2n) is 3.90. The number of likely N-dealkylation sites (tertiary alicyclic amines) is 1. The monoisotopic (exact) mass is 225 g/mol. The van der Waals surface area contributed by atoms with Crippen molar-refractivity contribution in [2.75, 3.05) is 13.1 Å². The normalized spacial score (nSPS) is 25.9. The smallest absolute Gasteiger partial charge is 0.107 e. The second kappa shape index (κ2) is 4.72. The largest absolute Gasteiger partial charge is 0.411 e. The Bertz CT molecular complexity index is 336. The lowest BCUT2D eigenvalue weighted by molar-refractivity contribution is 0.228. The summed E-state index contributed by atoms with van der Waals surface area (Å²) in [5.74, 6) is 0.351. The first-order chi connectivity index (χ1) is 7.29. The molecule has 0 bridgehead atoms. The average Bonchev–Trinajstić information content (AvgIpc) is 2.71. The Morgan fingerprint density at radius 1 is 1.73 bits per heavy atom. The van der Waals surface area contributed by atoms with Gasteiger partial charge in [0.2, 0.25) is 0 Å². The maximum absolute atomic E-state index is 8.76. The van der Waals surface area contributed by atoms with E-state index in [1.54, 1.807) is 11.3 Å². The van der Waals surface area contributed by atoms with Crippen LogP contribution < -0.4 is 0 Å². The zero-order valence-electron chi connectivity index (χ0n) is 8.76. The van der Waals surface area contributed by atoms with Crippen molar-refractivity contribution in [1.29, 1.82) is 0 Å². The Balaban J connectivity index is 1.92. The summed E-state index contributed by atoms with van der Waals surface area (Å²) in [6.45, 7) is 4.94. The highest BCUT2D eigenvalue weighted by atomic mass is 32.1. The molecule has 4 nitrogen and oxygen atoms in total. The maximum Gasteiger partial charge on any atom is 0.107 e. The molecule has 0 saturated carbocycles. The standard InChI is InChI=1S/C10H15N3OS/c1-8-6-13(4-2-9(8)12-14)7-10-11-3-5-15-10/h3,5,8,14H,2,4,6-7H2,1H3/b12-9+. The highest BCUT2D eigenvalue weighted by Crippen LogP contribution is 2.17. The first-order valence-corrected chi connectivity index (χ1v) is 5.99. The zero-order chi connectivity index (χ0) is 10.7. The highest BCUT2D eigenvalue weighted by molar-refractivity contribution is 7.09. The van der Waals surface area contributed by atoms with Gasteiger partial charge in [-0.1, -0.05) is 12.1 Å². The maximum atomic E-state index is 8.76. The van der Waals surface area contributed by atoms with E-state index in [0.29, 0.717) is 5.92 Å². The van der Waals surface area contributed by atoms with Crippen molar-refractivity contribution in [2.45, 2.75) is 19.9 Å². The van der Waals surface area contributed by atoms with E-state index in [1.165, 1.54) is 0 Å². The van der Waals surface area contributed by atoms with Gasteiger partial charge >= 0.3 is 0 Å². The van der Waals surface area contributed by atoms with E-state index >= 15 is 0 Å². The Labute approximate surface area is 93.2 Å². The van der Waals surface area contributed by atoms with Gasteiger partial charge in [0.05, 0.1) is 12.3 Å². The van der Waals surface area contributed by atoms with Gasteiger partial charge in [-0.25, -0.2) is 4.98 Å². The second-order valence-corrected chi connectivity index (χ2v) is 4.88. The van der Waals surface area contributed by atoms with Crippen LogP contribution in [-0.2, 0) is 6.54 Å². The first kappa shape index (κ1) is 10.6. The van der Waals surface area contributed by atoms with Gasteiger partial charge in [-0.2, -0.15) is 0 Å². The Morgan fingerprint density at radius 3 is 3.20 bits per heavy atom. The molecule has 1 aliphatic heterocycles. The summed E-state index contributed by atoms with van der Waals surface area (Å²) in [6, 6.07) is 0. The van der Waals surface area contributed by atoms with Gasteiger partial charge in [0.1, 0.15) is 5.01 Å². The lowest BCUT2D eigenvalue weighted by atomic mass is 9.98. The molecule has 1 aromatic heterocycles. The molecule has 0 amide bonds. The van der Waals surface area contributed by atoms with Crippen LogP contribution in [0.4, 0.5) is 0 Å². The SMILES string of the molecule is CC1CN(Cc2nccs2)CC/C1=N\O. The summed E-state index contributed by atoms with van der Waals surface area (Å²) in [6.07, 6.45) is 2.71. The number of thiazole rings is 1. The third kappa shape index (κ3) is 2.54. The van der Waals surface area contributed by atoms with Crippen molar-refractivity contribution < 1.29 is 5.21 Å². The minimum atomic E-state index is 0.351. The van der Waals surface area contributed by atoms with Gasteiger partial charge in [-0.05, 0) is 0 Å². The minimum Gasteiger partial charge on any atom is -0.411 e. The predicted octanol–water partition coefficient (Wildman–Crippen LogP) is 1.82. The van der Waals surface area contributed by atoms with Gasteiger partial charge in [0, 0.05) is 37.0 Å². The molecule has 0 aliphatic carbocycles. The molecule has 82 valence electrons. The topological polar surface area (TPSA) is 48.7 Å². The molecule has 5 heteroatoms. The average molecular weight is 225 g/mol. The van der Waals surface area contributed by atoms with Gasteiger partial charge in [-0.3, -0.25) is 4.90 Å². The van der Waals surface area contributed by atoms with E-state index in [2.05, 4.69) is 22.0 Å². The van der Waals surface area contributed by atoms with Gasteiger partial charge in [0.25, 0.3) is 0 Å². The van der Waals surface area contributed by atoms with Crippen LogP contribution in [0, 0.1) is 5.92 Å². The molecule has 0 radical (unpaired) electrons. The number of piperidine rings is 1. The fraction of sp³-hybridized carbons (Fsp3) is 0.600. The van der Waals surface area contributed by atoms with Crippen LogP contribution >= 0.6 is 11.3 Å². The molecule has 1 saturated heterocycles. The summed E-state index contributed by atoms with van der Waals surface area (Å²) in [5, 5.41) is 15.3. The van der Waals surface area contributed by atoms with Crippen LogP contribution in [0.1, 0.15) is 18.4 Å². The number of hydrogen-bond donors (Lipinski definition) is 1. The Hall–Kier alpha value is -0.940. The van der Waals surface area contributed by atoms with Crippen LogP contribution in [0.2, 0.25) is 0 Å². The number of oxime groups is 1. The van der Waals surface area contributed by atoms with Crippen molar-refractivity contribution in [3.8, 4) is 0 Å². The summed E-state index contributed by atoms with van der Waals surface area (Å²) < 4.78 is 0. The molecular formula is C10H15N3OS. The van der Waals surface area contributed by atoms with Crippen molar-refractivity contribution in [3.05, 3.63) is 16.6 Å². The highest BCUT2D eigenvalue weighted by Gasteiger charge is 2.22. The molecule has 15 heavy (non-hydrogen) atoms. The van der Waals surface area contributed by atoms with E-state index in [9.17, 15) is 0 Å². The molecule has 2 rings (SSSR count). The Kier molecular flexibility index (Phi) is 3.33. The van der Waals surface area contributed by atoms with Crippen LogP contribution in [0.3, 0.4) is 0 Å². The fourth-order valence-corrected chi connectivity index (χ4v) is 2.58. The zero-order valence-corrected chi connectivity index (χ0v) is 9.57. The number of hydrogen-bond acceptors (Lipinski definition) is 5. The van der Waals surface area contributed by atoms with Gasteiger partial charge in [0.15, 0.2) is 0 Å². The number of aromatic nitrogens is 1. The summed E-state index contributed by atoms with van der Waals surface area (Å²) >= 11 is 1.69. The summed E-state index contributed by atoms with van der Waals surface area (Å²) in [4.78, 5) is 6.63. The quantitative estimate of drug-likeness (QED) is 0.617. The Morgan fingerprint density at radius 2 is 2.60 bits per heavy atom. The van der Waals surface area contributed by atoms with E-state index in [4.69, 9.17) is 5.21 Å². The molecular weight excluding hydrogens is 210 g/mol. The lowest BCUT2D eigenvalue weighted by Crippen LogP contribution is -2.39. The van der Waals surface area contributed by atoms with Crippen LogP contribution in [-0.4, -0.2) is 33.9 Å². The molecule has 1 atom stereocenters. The van der Waals surface area contributed by atoms with Crippen LogP contribution in [0.5, 0.6) is 0 Å². The van der Waals surface area contributed by atoms with E-state index in [-0.39, 0.29) is 0 Å². The van der Waals surface area contributed by atoms with E-state index in [1.807, 2.05) is 11.6 Å². The van der Waals surface area contributed by atoms with E-state index < -0.39 is 0 Å². The van der Waals surface area contributed by atoms with Gasteiger partial charge in [-0.15, -0.1) is 11.3 Å². The van der Waals surface area contributed by atoms with Crippen LogP contribution in [0.15, 0.2) is 16.7 Å². The third-order valence-corrected chi connectivity index (χ3v) is 3.52. The molecule has 1 N–H and O–H groups in total. The molecule has 1 unspecified atom stereocenters. The molecule has 1 fully saturated rings. The lowest BCUT2D eigenvalue weighted by Gasteiger charge is -2.30. The van der Waals surface area contributed by atoms with Gasteiger partial charge < -0.3 is 5.21 Å². The molecule has 1 aliphatic rings.